The molecular weight excluding hydrogens is 440 g/mol. The van der Waals surface area contributed by atoms with E-state index in [2.05, 4.69) is 0 Å². The second-order valence-corrected chi connectivity index (χ2v) is 11.5. The van der Waals surface area contributed by atoms with Crippen molar-refractivity contribution in [1.82, 2.24) is 0 Å². The van der Waals surface area contributed by atoms with E-state index in [0.29, 0.717) is 24.0 Å². The maximum Gasteiger partial charge on any atom is 0.331 e. The summed E-state index contributed by atoms with van der Waals surface area (Å²) in [6.45, 7) is 7.07. The van der Waals surface area contributed by atoms with Gasteiger partial charge in [0, 0.05) is 33.8 Å². The van der Waals surface area contributed by atoms with Gasteiger partial charge in [0.25, 0.3) is 0 Å². The zero-order chi connectivity index (χ0) is 24.8. The molecule has 0 radical (unpaired) electrons. The number of carboxylic acids is 1. The predicted octanol–water partition coefficient (Wildman–Crippen LogP) is 3.25. The second kappa shape index (κ2) is 6.90. The number of aliphatic carboxylic acids is 1. The lowest BCUT2D eigenvalue weighted by molar-refractivity contribution is -0.206. The van der Waals surface area contributed by atoms with Crippen LogP contribution < -0.4 is 0 Å². The van der Waals surface area contributed by atoms with E-state index in [0.717, 1.165) is 0 Å². The summed E-state index contributed by atoms with van der Waals surface area (Å²) in [6.07, 6.45) is 4.11. The summed E-state index contributed by atoms with van der Waals surface area (Å²) >= 11 is 0. The zero-order valence-corrected chi connectivity index (χ0v) is 19.8. The summed E-state index contributed by atoms with van der Waals surface area (Å²) in [6, 6.07) is 1.72. The molecule has 7 atom stereocenters. The summed E-state index contributed by atoms with van der Waals surface area (Å²) in [5.41, 5.74) is -3.53. The molecule has 2 unspecified atom stereocenters. The van der Waals surface area contributed by atoms with Crippen LogP contribution in [0.25, 0.3) is 0 Å². The van der Waals surface area contributed by atoms with E-state index in [9.17, 15) is 29.4 Å². The third-order valence-electron chi connectivity index (χ3n) is 9.54. The van der Waals surface area contributed by atoms with Gasteiger partial charge in [0.05, 0.1) is 30.5 Å². The molecule has 5 rings (SSSR count). The molecule has 0 amide bonds. The van der Waals surface area contributed by atoms with Crippen molar-refractivity contribution < 1.29 is 38.5 Å². The van der Waals surface area contributed by atoms with Gasteiger partial charge in [0.1, 0.15) is 17.7 Å². The molecule has 2 N–H and O–H groups in total. The Morgan fingerprint density at radius 2 is 1.85 bits per heavy atom. The van der Waals surface area contributed by atoms with Crippen LogP contribution in [0.4, 0.5) is 0 Å². The number of furan rings is 1. The van der Waals surface area contributed by atoms with Gasteiger partial charge in [-0.25, -0.2) is 4.79 Å². The van der Waals surface area contributed by atoms with E-state index >= 15 is 0 Å². The summed E-state index contributed by atoms with van der Waals surface area (Å²) in [7, 11) is 0. The van der Waals surface area contributed by atoms with Gasteiger partial charge in [0.2, 0.25) is 0 Å². The van der Waals surface area contributed by atoms with Crippen LogP contribution in [0.3, 0.4) is 0 Å². The number of hydrogen-bond donors (Lipinski definition) is 2. The Balaban J connectivity index is 1.69. The van der Waals surface area contributed by atoms with Crippen molar-refractivity contribution in [3.05, 3.63) is 35.8 Å². The monoisotopic (exact) mass is 470 g/mol. The molecule has 3 aliphatic carbocycles. The molecule has 0 aromatic carbocycles. The molecular formula is C26H30O8. The minimum atomic E-state index is -1.62. The highest BCUT2D eigenvalue weighted by atomic mass is 16.5. The predicted molar refractivity (Wildman–Crippen MR) is 117 cm³/mol. The van der Waals surface area contributed by atoms with E-state index in [4.69, 9.17) is 9.15 Å². The van der Waals surface area contributed by atoms with Crippen LogP contribution >= 0.6 is 0 Å². The third kappa shape index (κ3) is 2.69. The Morgan fingerprint density at radius 3 is 2.47 bits per heavy atom. The van der Waals surface area contributed by atoms with Crippen molar-refractivity contribution >= 4 is 23.5 Å². The molecule has 8 nitrogen and oxygen atoms in total. The van der Waals surface area contributed by atoms with Gasteiger partial charge in [-0.05, 0) is 36.8 Å². The average molecular weight is 471 g/mol. The molecule has 3 saturated carbocycles. The molecule has 2 heterocycles. The van der Waals surface area contributed by atoms with Gasteiger partial charge in [-0.15, -0.1) is 0 Å². The van der Waals surface area contributed by atoms with Gasteiger partial charge in [-0.2, -0.15) is 0 Å². The van der Waals surface area contributed by atoms with Crippen LogP contribution in [-0.4, -0.2) is 39.3 Å². The van der Waals surface area contributed by atoms with Gasteiger partial charge in [-0.3, -0.25) is 14.4 Å². The van der Waals surface area contributed by atoms with Crippen LogP contribution in [0.15, 0.2) is 34.7 Å². The largest absolute Gasteiger partial charge is 0.481 e. The number of ether oxygens (including phenoxy) is 1. The van der Waals surface area contributed by atoms with Crippen molar-refractivity contribution in [3.8, 4) is 0 Å². The van der Waals surface area contributed by atoms with Crippen LogP contribution in [0.2, 0.25) is 0 Å². The number of cyclic esters (lactones) is 1. The fourth-order valence-corrected chi connectivity index (χ4v) is 7.96. The first-order chi connectivity index (χ1) is 15.8. The fraction of sp³-hybridized carbons (Fsp3) is 0.615. The minimum absolute atomic E-state index is 0.110. The maximum atomic E-state index is 13.7. The normalized spacial score (nSPS) is 42.9. The van der Waals surface area contributed by atoms with Crippen molar-refractivity contribution in [2.75, 3.05) is 0 Å². The number of carbonyl (C=O) groups is 4. The van der Waals surface area contributed by atoms with Crippen molar-refractivity contribution in [1.29, 1.82) is 0 Å². The van der Waals surface area contributed by atoms with Gasteiger partial charge in [0.15, 0.2) is 0 Å². The number of aliphatic hydroxyl groups is 1. The van der Waals surface area contributed by atoms with Gasteiger partial charge < -0.3 is 19.4 Å². The molecule has 1 aromatic heterocycles. The lowest BCUT2D eigenvalue weighted by atomic mass is 9.37. The van der Waals surface area contributed by atoms with Gasteiger partial charge >= 0.3 is 11.9 Å². The van der Waals surface area contributed by atoms with Crippen LogP contribution in [0, 0.1) is 34.0 Å². The summed E-state index contributed by atoms with van der Waals surface area (Å²) in [5, 5.41) is 22.0. The second-order valence-electron chi connectivity index (χ2n) is 11.5. The molecule has 0 saturated heterocycles. The number of Topliss-reactive ketones (excluding diaryl/α,β-unsaturated/α-hetero) is 2. The number of ketones is 2. The van der Waals surface area contributed by atoms with Crippen molar-refractivity contribution in [2.24, 2.45) is 34.0 Å². The number of carbonyl (C=O) groups excluding carboxylic acids is 3. The fourth-order valence-electron chi connectivity index (χ4n) is 7.96. The molecule has 2 bridgehead atoms. The smallest absolute Gasteiger partial charge is 0.331 e. The zero-order valence-electron chi connectivity index (χ0n) is 19.8. The summed E-state index contributed by atoms with van der Waals surface area (Å²) in [5.74, 6) is -4.79. The highest BCUT2D eigenvalue weighted by Gasteiger charge is 2.73. The molecule has 1 aliphatic heterocycles. The molecule has 34 heavy (non-hydrogen) atoms. The van der Waals surface area contributed by atoms with Crippen LogP contribution in [0.1, 0.15) is 65.0 Å². The summed E-state index contributed by atoms with van der Waals surface area (Å²) in [4.78, 5) is 51.8. The molecule has 8 heteroatoms. The molecule has 182 valence electrons. The molecule has 3 fully saturated rings. The van der Waals surface area contributed by atoms with E-state index in [1.54, 1.807) is 26.8 Å². The Hall–Kier alpha value is -2.74. The van der Waals surface area contributed by atoms with E-state index < -0.39 is 57.6 Å². The standard InChI is InChI=1S/C26H30O8/c1-23(2)16(9-18(27)28)25(4)15-5-7-24(3)17(26(15,32)11-14(20(23)30)21(25)31)10-19(29)34-22(24)13-6-8-33-12-13/h6,8,10,12,14-16,22,32H,5,7,9,11H2,1-4H3,(H,27,28)/t14-,15?,16-,22-,24+,25?,26-/m0/s1. The molecule has 0 spiro atoms. The first-order valence-corrected chi connectivity index (χ1v) is 11.8. The lowest BCUT2D eigenvalue weighted by Gasteiger charge is -2.66. The molecule has 4 aliphatic rings. The molecule has 1 aromatic rings. The average Bonchev–Trinajstić information content (AvgIpc) is 3.28. The third-order valence-corrected chi connectivity index (χ3v) is 9.54. The van der Waals surface area contributed by atoms with Crippen molar-refractivity contribution in [2.45, 2.75) is 65.1 Å². The highest BCUT2D eigenvalue weighted by molar-refractivity contribution is 6.11. The highest BCUT2D eigenvalue weighted by Crippen LogP contribution is 2.69. The Kier molecular flexibility index (Phi) is 4.67. The SMILES string of the molecule is CC1(C)C(=O)[C@@H]2C[C@@]3(O)C4=CC(=O)O[C@@H](c5ccoc5)[C@]4(C)CCC3C(C)(C2=O)[C@H]1CC(=O)O. The summed E-state index contributed by atoms with van der Waals surface area (Å²) < 4.78 is 10.9. The van der Waals surface area contributed by atoms with Crippen molar-refractivity contribution in [3.63, 3.8) is 0 Å². The van der Waals surface area contributed by atoms with Crippen LogP contribution in [-0.2, 0) is 23.9 Å². The lowest BCUT2D eigenvalue weighted by Crippen LogP contribution is -2.72. The van der Waals surface area contributed by atoms with E-state index in [1.165, 1.54) is 18.6 Å². The van der Waals surface area contributed by atoms with Crippen LogP contribution in [0.5, 0.6) is 0 Å². The number of fused-ring (bicyclic) bond motifs is 6. The topological polar surface area (TPSA) is 131 Å². The number of esters is 1. The number of rotatable bonds is 3. The minimum Gasteiger partial charge on any atom is -0.481 e. The first-order valence-electron chi connectivity index (χ1n) is 11.8. The quantitative estimate of drug-likeness (QED) is 0.508. The Morgan fingerprint density at radius 1 is 1.15 bits per heavy atom. The number of hydrogen-bond acceptors (Lipinski definition) is 7. The Bertz CT molecular complexity index is 1130. The van der Waals surface area contributed by atoms with E-state index in [-0.39, 0.29) is 24.4 Å². The Labute approximate surface area is 197 Å². The maximum absolute atomic E-state index is 13.7. The number of carboxylic acid groups (broad SMARTS) is 1. The van der Waals surface area contributed by atoms with E-state index in [1.807, 2.05) is 6.92 Å². The van der Waals surface area contributed by atoms with Gasteiger partial charge in [-0.1, -0.05) is 27.7 Å². The first kappa shape index (κ1) is 23.0.